The Morgan fingerprint density at radius 3 is 2.59 bits per heavy atom. The highest BCUT2D eigenvalue weighted by Gasteiger charge is 2.29. The third kappa shape index (κ3) is 4.25. The Bertz CT molecular complexity index is 791. The van der Waals surface area contributed by atoms with Crippen LogP contribution in [0.1, 0.15) is 41.8 Å². The van der Waals surface area contributed by atoms with Crippen molar-refractivity contribution in [1.82, 2.24) is 4.90 Å². The summed E-state index contributed by atoms with van der Waals surface area (Å²) >= 11 is 0. The van der Waals surface area contributed by atoms with Crippen molar-refractivity contribution in [3.05, 3.63) is 59.2 Å². The van der Waals surface area contributed by atoms with Crippen LogP contribution < -0.4 is 15.2 Å². The fraction of sp³-hybridized carbons (Fsp3) is 0.409. The number of ether oxygens (including phenoxy) is 2. The SMILES string of the molecule is CCCOc1ccc(C(=O)N2Cc3ccccc3CC2CN)cc1OCC. The normalized spacial score (nSPS) is 16.0. The maximum Gasteiger partial charge on any atom is 0.254 e. The minimum absolute atomic E-state index is 0.000962. The second-order valence-corrected chi connectivity index (χ2v) is 6.74. The molecule has 1 atom stereocenters. The summed E-state index contributed by atoms with van der Waals surface area (Å²) in [6, 6.07) is 13.7. The van der Waals surface area contributed by atoms with Crippen LogP contribution in [0.5, 0.6) is 11.5 Å². The molecule has 2 aromatic carbocycles. The number of benzene rings is 2. The molecule has 2 N–H and O–H groups in total. The quantitative estimate of drug-likeness (QED) is 0.813. The minimum Gasteiger partial charge on any atom is -0.490 e. The van der Waals surface area contributed by atoms with E-state index < -0.39 is 0 Å². The molecular weight excluding hydrogens is 340 g/mol. The van der Waals surface area contributed by atoms with Gasteiger partial charge in [-0.15, -0.1) is 0 Å². The molecule has 0 saturated heterocycles. The van der Waals surface area contributed by atoms with E-state index in [0.29, 0.717) is 43.4 Å². The Kier molecular flexibility index (Phi) is 6.35. The minimum atomic E-state index is -0.0250. The molecule has 3 rings (SSSR count). The summed E-state index contributed by atoms with van der Waals surface area (Å²) in [6.45, 7) is 6.13. The highest BCUT2D eigenvalue weighted by molar-refractivity contribution is 5.95. The van der Waals surface area contributed by atoms with Crippen LogP contribution in [0.25, 0.3) is 0 Å². The smallest absolute Gasteiger partial charge is 0.254 e. The molecule has 1 aliphatic rings. The molecule has 0 saturated carbocycles. The van der Waals surface area contributed by atoms with Crippen LogP contribution in [-0.2, 0) is 13.0 Å². The maximum absolute atomic E-state index is 13.2. The lowest BCUT2D eigenvalue weighted by atomic mass is 9.93. The number of hydrogen-bond donors (Lipinski definition) is 1. The molecule has 1 aliphatic heterocycles. The maximum atomic E-state index is 13.2. The molecule has 27 heavy (non-hydrogen) atoms. The summed E-state index contributed by atoms with van der Waals surface area (Å²) in [5.41, 5.74) is 9.04. The van der Waals surface area contributed by atoms with Crippen molar-refractivity contribution >= 4 is 5.91 Å². The van der Waals surface area contributed by atoms with Crippen LogP contribution in [0.2, 0.25) is 0 Å². The van der Waals surface area contributed by atoms with Crippen molar-refractivity contribution in [2.75, 3.05) is 19.8 Å². The van der Waals surface area contributed by atoms with Gasteiger partial charge in [-0.25, -0.2) is 0 Å². The number of carbonyl (C=O) groups excluding carboxylic acids is 1. The molecule has 2 aromatic rings. The Hall–Kier alpha value is -2.53. The summed E-state index contributed by atoms with van der Waals surface area (Å²) in [5, 5.41) is 0. The van der Waals surface area contributed by atoms with E-state index >= 15 is 0 Å². The molecule has 1 amide bonds. The zero-order valence-corrected chi connectivity index (χ0v) is 16.1. The molecule has 0 bridgehead atoms. The standard InChI is InChI=1S/C22H28N2O3/c1-3-11-27-20-10-9-17(13-21(20)26-4-2)22(25)24-15-18-8-6-5-7-16(18)12-19(24)14-23/h5-10,13,19H,3-4,11-12,14-15,23H2,1-2H3. The molecule has 0 aliphatic carbocycles. The zero-order valence-electron chi connectivity index (χ0n) is 16.1. The number of rotatable bonds is 7. The van der Waals surface area contributed by atoms with Gasteiger partial charge in [0.15, 0.2) is 11.5 Å². The van der Waals surface area contributed by atoms with Crippen LogP contribution in [0, 0.1) is 0 Å². The van der Waals surface area contributed by atoms with Gasteiger partial charge >= 0.3 is 0 Å². The van der Waals surface area contributed by atoms with Crippen molar-refractivity contribution in [3.63, 3.8) is 0 Å². The largest absolute Gasteiger partial charge is 0.490 e. The van der Waals surface area contributed by atoms with E-state index in [1.54, 1.807) is 6.07 Å². The van der Waals surface area contributed by atoms with E-state index in [4.69, 9.17) is 15.2 Å². The van der Waals surface area contributed by atoms with E-state index in [0.717, 1.165) is 12.8 Å². The van der Waals surface area contributed by atoms with Crippen LogP contribution in [0.15, 0.2) is 42.5 Å². The van der Waals surface area contributed by atoms with Gasteiger partial charge in [0.25, 0.3) is 5.91 Å². The topological polar surface area (TPSA) is 64.8 Å². The third-order valence-corrected chi connectivity index (χ3v) is 4.84. The van der Waals surface area contributed by atoms with Crippen LogP contribution in [0.3, 0.4) is 0 Å². The zero-order chi connectivity index (χ0) is 19.2. The second kappa shape index (κ2) is 8.91. The van der Waals surface area contributed by atoms with E-state index in [1.807, 2.05) is 36.1 Å². The molecule has 0 fully saturated rings. The van der Waals surface area contributed by atoms with Crippen molar-refractivity contribution in [3.8, 4) is 11.5 Å². The van der Waals surface area contributed by atoms with Crippen molar-refractivity contribution in [1.29, 1.82) is 0 Å². The lowest BCUT2D eigenvalue weighted by molar-refractivity contribution is 0.0647. The van der Waals surface area contributed by atoms with Crippen molar-refractivity contribution in [2.24, 2.45) is 5.73 Å². The average molecular weight is 368 g/mol. The van der Waals surface area contributed by atoms with Gasteiger partial charge in [0.2, 0.25) is 0 Å². The lowest BCUT2D eigenvalue weighted by Gasteiger charge is -2.36. The Balaban J connectivity index is 1.87. The van der Waals surface area contributed by atoms with E-state index in [-0.39, 0.29) is 11.9 Å². The summed E-state index contributed by atoms with van der Waals surface area (Å²) < 4.78 is 11.4. The number of amides is 1. The predicted octanol–water partition coefficient (Wildman–Crippen LogP) is 3.40. The first-order chi connectivity index (χ1) is 13.2. The molecule has 5 nitrogen and oxygen atoms in total. The molecule has 0 radical (unpaired) electrons. The summed E-state index contributed by atoms with van der Waals surface area (Å²) in [7, 11) is 0. The van der Waals surface area contributed by atoms with E-state index in [1.165, 1.54) is 11.1 Å². The molecule has 0 aromatic heterocycles. The number of carbonyl (C=O) groups is 1. The predicted molar refractivity (Wildman–Crippen MR) is 106 cm³/mol. The fourth-order valence-corrected chi connectivity index (χ4v) is 3.44. The first-order valence-corrected chi connectivity index (χ1v) is 9.65. The van der Waals surface area contributed by atoms with Gasteiger partial charge in [-0.1, -0.05) is 31.2 Å². The monoisotopic (exact) mass is 368 g/mol. The van der Waals surface area contributed by atoms with Gasteiger partial charge in [-0.3, -0.25) is 4.79 Å². The molecular formula is C22H28N2O3. The van der Waals surface area contributed by atoms with Crippen molar-refractivity contribution in [2.45, 2.75) is 39.3 Å². The summed E-state index contributed by atoms with van der Waals surface area (Å²) in [6.07, 6.45) is 1.70. The van der Waals surface area contributed by atoms with Gasteiger partial charge in [-0.2, -0.15) is 0 Å². The van der Waals surface area contributed by atoms with Crippen LogP contribution in [-0.4, -0.2) is 36.6 Å². The van der Waals surface area contributed by atoms with Crippen LogP contribution in [0.4, 0.5) is 0 Å². The lowest BCUT2D eigenvalue weighted by Crippen LogP contribution is -2.48. The van der Waals surface area contributed by atoms with Gasteiger partial charge in [0.05, 0.1) is 13.2 Å². The molecule has 0 spiro atoms. The third-order valence-electron chi connectivity index (χ3n) is 4.84. The Morgan fingerprint density at radius 1 is 1.11 bits per heavy atom. The fourth-order valence-electron chi connectivity index (χ4n) is 3.44. The Labute approximate surface area is 161 Å². The van der Waals surface area contributed by atoms with Crippen LogP contribution >= 0.6 is 0 Å². The molecule has 1 unspecified atom stereocenters. The number of nitrogens with zero attached hydrogens (tertiary/aromatic N) is 1. The number of nitrogens with two attached hydrogens (primary N) is 1. The van der Waals surface area contributed by atoms with E-state index in [2.05, 4.69) is 19.1 Å². The number of fused-ring (bicyclic) bond motifs is 1. The average Bonchev–Trinajstić information content (AvgIpc) is 2.71. The summed E-state index contributed by atoms with van der Waals surface area (Å²) in [5.74, 6) is 1.26. The Morgan fingerprint density at radius 2 is 1.89 bits per heavy atom. The summed E-state index contributed by atoms with van der Waals surface area (Å²) in [4.78, 5) is 15.1. The van der Waals surface area contributed by atoms with Crippen molar-refractivity contribution < 1.29 is 14.3 Å². The van der Waals surface area contributed by atoms with Gasteiger partial charge in [0.1, 0.15) is 0 Å². The number of hydrogen-bond acceptors (Lipinski definition) is 4. The molecule has 1 heterocycles. The van der Waals surface area contributed by atoms with Gasteiger partial charge in [-0.05, 0) is 49.1 Å². The molecule has 5 heteroatoms. The highest BCUT2D eigenvalue weighted by Crippen LogP contribution is 2.31. The highest BCUT2D eigenvalue weighted by atomic mass is 16.5. The van der Waals surface area contributed by atoms with E-state index in [9.17, 15) is 4.79 Å². The first kappa shape index (κ1) is 19.2. The first-order valence-electron chi connectivity index (χ1n) is 9.65. The van der Waals surface area contributed by atoms with Gasteiger partial charge < -0.3 is 20.1 Å². The van der Waals surface area contributed by atoms with Gasteiger partial charge in [0, 0.05) is 24.7 Å². The second-order valence-electron chi connectivity index (χ2n) is 6.74. The molecule has 144 valence electrons.